The Morgan fingerprint density at radius 2 is 1.55 bits per heavy atom. The maximum atomic E-state index is 12.7. The van der Waals surface area contributed by atoms with Crippen molar-refractivity contribution in [2.75, 3.05) is 37.6 Å². The molecule has 0 saturated carbocycles. The van der Waals surface area contributed by atoms with Crippen LogP contribution in [0, 0.1) is 10.1 Å². The van der Waals surface area contributed by atoms with E-state index in [1.807, 2.05) is 4.90 Å². The Kier molecular flexibility index (Phi) is 7.79. The molecule has 4 rings (SSSR count). The number of rotatable bonds is 9. The number of anilines is 1. The molecule has 0 aliphatic carbocycles. The lowest BCUT2D eigenvalue weighted by Gasteiger charge is -2.36. The van der Waals surface area contributed by atoms with Crippen LogP contribution in [0.1, 0.15) is 42.5 Å². The molecule has 0 bridgehead atoms. The van der Waals surface area contributed by atoms with Gasteiger partial charge in [0.25, 0.3) is 29.3 Å². The molecular formula is C24H25N5O9. The summed E-state index contributed by atoms with van der Waals surface area (Å²) < 4.78 is 0. The number of hydrogen-bond donors (Lipinski definition) is 0. The van der Waals surface area contributed by atoms with E-state index >= 15 is 0 Å². The number of amides is 5. The largest absolute Gasteiger partial charge is 0.370 e. The molecule has 0 N–H and O–H groups in total. The third-order valence-corrected chi connectivity index (χ3v) is 6.50. The summed E-state index contributed by atoms with van der Waals surface area (Å²) in [5, 5.41) is 11.8. The molecule has 14 heteroatoms. The topological polar surface area (TPSA) is 168 Å². The van der Waals surface area contributed by atoms with Gasteiger partial charge in [-0.05, 0) is 25.0 Å². The van der Waals surface area contributed by atoms with Gasteiger partial charge in [0.15, 0.2) is 0 Å². The number of benzene rings is 1. The van der Waals surface area contributed by atoms with Crippen LogP contribution in [0.25, 0.3) is 0 Å². The molecule has 1 aromatic rings. The molecular weight excluding hydrogens is 502 g/mol. The van der Waals surface area contributed by atoms with Gasteiger partial charge in [-0.25, -0.2) is 4.79 Å². The summed E-state index contributed by atoms with van der Waals surface area (Å²) in [6, 6.07) is 3.91. The Balaban J connectivity index is 1.31. The van der Waals surface area contributed by atoms with Crippen LogP contribution in [0.5, 0.6) is 0 Å². The third kappa shape index (κ3) is 5.68. The van der Waals surface area contributed by atoms with Gasteiger partial charge in [-0.15, -0.1) is 5.06 Å². The number of piperazine rings is 1. The van der Waals surface area contributed by atoms with Gasteiger partial charge in [0.1, 0.15) is 5.56 Å². The number of nitro groups is 1. The van der Waals surface area contributed by atoms with Crippen LogP contribution in [0.4, 0.5) is 11.4 Å². The first-order chi connectivity index (χ1) is 18.2. The van der Waals surface area contributed by atoms with Gasteiger partial charge >= 0.3 is 5.97 Å². The van der Waals surface area contributed by atoms with Crippen LogP contribution in [0.3, 0.4) is 0 Å². The molecule has 14 nitrogen and oxygen atoms in total. The van der Waals surface area contributed by atoms with Gasteiger partial charge in [0.2, 0.25) is 5.91 Å². The lowest BCUT2D eigenvalue weighted by molar-refractivity contribution is -0.385. The van der Waals surface area contributed by atoms with Gasteiger partial charge in [-0.1, -0.05) is 0 Å². The zero-order valence-corrected chi connectivity index (χ0v) is 20.4. The molecule has 3 aliphatic heterocycles. The fraction of sp³-hybridized carbons (Fsp3) is 0.417. The Morgan fingerprint density at radius 1 is 0.921 bits per heavy atom. The zero-order chi connectivity index (χ0) is 27.4. The fourth-order valence-electron chi connectivity index (χ4n) is 4.40. The lowest BCUT2D eigenvalue weighted by atomic mass is 10.1. The lowest BCUT2D eigenvalue weighted by Crippen LogP contribution is -2.48. The van der Waals surface area contributed by atoms with Crippen LogP contribution in [-0.4, -0.2) is 88.0 Å². The maximum absolute atomic E-state index is 12.7. The highest BCUT2D eigenvalue weighted by Gasteiger charge is 2.35. The Morgan fingerprint density at radius 3 is 2.16 bits per heavy atom. The van der Waals surface area contributed by atoms with E-state index in [-0.39, 0.29) is 43.5 Å². The highest BCUT2D eigenvalue weighted by atomic mass is 16.7. The molecule has 0 atom stereocenters. The second kappa shape index (κ2) is 11.2. The highest BCUT2D eigenvalue weighted by Crippen LogP contribution is 2.28. The minimum absolute atomic E-state index is 0.0604. The van der Waals surface area contributed by atoms with Gasteiger partial charge in [0, 0.05) is 75.9 Å². The first-order valence-electron chi connectivity index (χ1n) is 12.1. The average molecular weight is 527 g/mol. The predicted octanol–water partition coefficient (Wildman–Crippen LogP) is 0.560. The molecule has 1 aromatic carbocycles. The van der Waals surface area contributed by atoms with Crippen LogP contribution < -0.4 is 4.90 Å². The van der Waals surface area contributed by atoms with E-state index in [0.717, 1.165) is 11.0 Å². The van der Waals surface area contributed by atoms with Crippen molar-refractivity contribution in [3.63, 3.8) is 0 Å². The van der Waals surface area contributed by atoms with Gasteiger partial charge in [-0.3, -0.25) is 39.0 Å². The minimum atomic E-state index is -1.19. The number of nitro benzene ring substituents is 1. The number of imide groups is 2. The molecule has 0 aromatic heterocycles. The van der Waals surface area contributed by atoms with Crippen molar-refractivity contribution in [3.05, 3.63) is 46.0 Å². The van der Waals surface area contributed by atoms with Crippen LogP contribution >= 0.6 is 0 Å². The highest BCUT2D eigenvalue weighted by molar-refractivity contribution is 6.12. The second-order valence-electron chi connectivity index (χ2n) is 8.91. The summed E-state index contributed by atoms with van der Waals surface area (Å²) in [5.41, 5.74) is -0.439. The summed E-state index contributed by atoms with van der Waals surface area (Å²) in [6.45, 7) is 1.85. The van der Waals surface area contributed by atoms with E-state index in [1.54, 1.807) is 4.90 Å². The van der Waals surface area contributed by atoms with E-state index in [0.29, 0.717) is 49.8 Å². The van der Waals surface area contributed by atoms with Crippen LogP contribution in [-0.2, 0) is 28.8 Å². The van der Waals surface area contributed by atoms with Gasteiger partial charge in [0.05, 0.1) is 4.92 Å². The molecule has 0 radical (unpaired) electrons. The Bertz CT molecular complexity index is 1200. The summed E-state index contributed by atoms with van der Waals surface area (Å²) in [6.07, 6.45) is 3.54. The van der Waals surface area contributed by atoms with Gasteiger partial charge in [-0.2, -0.15) is 0 Å². The van der Waals surface area contributed by atoms with E-state index in [2.05, 4.69) is 0 Å². The van der Waals surface area contributed by atoms with E-state index in [4.69, 9.17) is 4.84 Å². The van der Waals surface area contributed by atoms with Crippen molar-refractivity contribution in [1.82, 2.24) is 14.9 Å². The summed E-state index contributed by atoms with van der Waals surface area (Å²) in [4.78, 5) is 92.2. The third-order valence-electron chi connectivity index (χ3n) is 6.50. The quantitative estimate of drug-likeness (QED) is 0.191. The van der Waals surface area contributed by atoms with E-state index in [1.165, 1.54) is 24.3 Å². The molecule has 200 valence electrons. The number of unbranched alkanes of at least 4 members (excludes halogenated alkanes) is 1. The van der Waals surface area contributed by atoms with E-state index in [9.17, 15) is 38.9 Å². The summed E-state index contributed by atoms with van der Waals surface area (Å²) >= 11 is 0. The molecule has 0 spiro atoms. The second-order valence-corrected chi connectivity index (χ2v) is 8.91. The smallest absolute Gasteiger partial charge is 0.368 e. The van der Waals surface area contributed by atoms with Crippen molar-refractivity contribution in [2.45, 2.75) is 32.1 Å². The molecule has 2 saturated heterocycles. The van der Waals surface area contributed by atoms with Crippen LogP contribution in [0.15, 0.2) is 30.4 Å². The summed E-state index contributed by atoms with van der Waals surface area (Å²) in [5.74, 6) is -3.34. The number of carbonyl (C=O) groups is 6. The average Bonchev–Trinajstić information content (AvgIpc) is 3.40. The molecule has 5 amide bonds. The van der Waals surface area contributed by atoms with E-state index < -0.39 is 34.0 Å². The van der Waals surface area contributed by atoms with Crippen molar-refractivity contribution < 1.29 is 38.5 Å². The fourth-order valence-corrected chi connectivity index (χ4v) is 4.40. The monoisotopic (exact) mass is 527 g/mol. The first-order valence-corrected chi connectivity index (χ1v) is 12.1. The molecule has 3 aliphatic rings. The summed E-state index contributed by atoms with van der Waals surface area (Å²) in [7, 11) is 0. The number of nitrogens with zero attached hydrogens (tertiary/aromatic N) is 5. The van der Waals surface area contributed by atoms with Crippen molar-refractivity contribution in [2.24, 2.45) is 0 Å². The van der Waals surface area contributed by atoms with Crippen molar-refractivity contribution in [3.8, 4) is 0 Å². The standard InChI is InChI=1S/C24H25N5O9/c30-19(3-1-2-10-27-20(31)6-7-21(27)32)26-13-11-25(12-14-26)16-4-5-18(29(36)37)17(15-16)24(35)38-28-22(33)8-9-23(28)34/h4-7,15H,1-3,8-14H2. The molecule has 38 heavy (non-hydrogen) atoms. The van der Waals surface area contributed by atoms with Crippen LogP contribution in [0.2, 0.25) is 0 Å². The SMILES string of the molecule is O=C(ON1C(=O)CCC1=O)c1cc(N2CCN(C(=O)CCCCN3C(=O)C=CC3=O)CC2)ccc1[N+](=O)[O-]. The number of carbonyl (C=O) groups excluding carboxylic acids is 6. The maximum Gasteiger partial charge on any atom is 0.370 e. The Hall–Kier alpha value is -4.62. The molecule has 3 heterocycles. The van der Waals surface area contributed by atoms with Crippen molar-refractivity contribution in [1.29, 1.82) is 0 Å². The zero-order valence-electron chi connectivity index (χ0n) is 20.4. The van der Waals surface area contributed by atoms with Gasteiger partial charge < -0.3 is 14.6 Å². The predicted molar refractivity (Wildman–Crippen MR) is 128 cm³/mol. The molecule has 0 unspecified atom stereocenters. The normalized spacial score (nSPS) is 17.6. The number of hydrogen-bond acceptors (Lipinski definition) is 10. The first kappa shape index (κ1) is 26.4. The number of hydroxylamine groups is 2. The van der Waals surface area contributed by atoms with Crippen molar-refractivity contribution >= 4 is 46.9 Å². The Labute approximate surface area is 216 Å². The molecule has 2 fully saturated rings. The minimum Gasteiger partial charge on any atom is -0.368 e.